The van der Waals surface area contributed by atoms with Crippen LogP contribution in [0.4, 0.5) is 4.79 Å². The highest BCUT2D eigenvalue weighted by molar-refractivity contribution is 7.91. The van der Waals surface area contributed by atoms with Crippen LogP contribution in [0.3, 0.4) is 0 Å². The molecule has 1 saturated heterocycles. The molecule has 16 heteroatoms. The number of sulfonamides is 1. The fourth-order valence-electron chi connectivity index (χ4n) is 10.5. The van der Waals surface area contributed by atoms with Gasteiger partial charge in [0.15, 0.2) is 0 Å². The molecule has 0 radical (unpaired) electrons. The van der Waals surface area contributed by atoms with E-state index in [2.05, 4.69) is 51.5 Å². The van der Waals surface area contributed by atoms with E-state index in [0.29, 0.717) is 49.1 Å². The third-order valence-corrected chi connectivity index (χ3v) is 17.4. The van der Waals surface area contributed by atoms with Gasteiger partial charge in [0.2, 0.25) is 27.7 Å². The summed E-state index contributed by atoms with van der Waals surface area (Å²) >= 11 is 0. The first-order valence-electron chi connectivity index (χ1n) is 24.8. The normalized spacial score (nSPS) is 29.0. The molecule has 4 amide bonds. The van der Waals surface area contributed by atoms with Gasteiger partial charge < -0.3 is 35.1 Å². The summed E-state index contributed by atoms with van der Waals surface area (Å²) in [5.41, 5.74) is 1.90. The van der Waals surface area contributed by atoms with Gasteiger partial charge in [-0.1, -0.05) is 76.1 Å². The molecule has 68 heavy (non-hydrogen) atoms. The summed E-state index contributed by atoms with van der Waals surface area (Å²) in [5, 5.41) is 10.4. The number of carbonyl (C=O) groups is 4. The summed E-state index contributed by atoms with van der Waals surface area (Å²) in [4.78, 5) is 63.5. The predicted molar refractivity (Wildman–Crippen MR) is 257 cm³/mol. The van der Waals surface area contributed by atoms with Crippen molar-refractivity contribution < 1.29 is 41.8 Å². The van der Waals surface area contributed by atoms with Gasteiger partial charge in [-0.25, -0.2) is 18.2 Å². The van der Waals surface area contributed by atoms with E-state index in [1.54, 1.807) is 6.92 Å². The van der Waals surface area contributed by atoms with Crippen molar-refractivity contribution in [1.82, 2.24) is 30.6 Å². The monoisotopic (exact) mass is 952 g/mol. The third-order valence-electron chi connectivity index (χ3n) is 15.2. The summed E-state index contributed by atoms with van der Waals surface area (Å²) in [5.74, 6) is -1.23. The number of aryl methyl sites for hydroxylation is 1. The number of fused-ring (bicyclic) bond motifs is 6. The van der Waals surface area contributed by atoms with Crippen molar-refractivity contribution in [3.8, 4) is 11.6 Å². The van der Waals surface area contributed by atoms with Gasteiger partial charge in [0.05, 0.1) is 29.0 Å². The van der Waals surface area contributed by atoms with Crippen LogP contribution < -0.4 is 30.1 Å². The lowest BCUT2D eigenvalue weighted by Crippen LogP contribution is -2.60. The smallest absolute Gasteiger partial charge is 0.408 e. The van der Waals surface area contributed by atoms with Crippen LogP contribution in [0.15, 0.2) is 61.2 Å². The van der Waals surface area contributed by atoms with Crippen LogP contribution in [0.5, 0.6) is 11.6 Å². The summed E-state index contributed by atoms with van der Waals surface area (Å²) in [6, 6.07) is 14.6. The predicted octanol–water partition coefficient (Wildman–Crippen LogP) is 6.72. The van der Waals surface area contributed by atoms with Crippen molar-refractivity contribution in [1.29, 1.82) is 0 Å². The SMILES string of the molecule is C=C[C@@H]1C[C@]1(NC(=O)[C@@H]1C[C@@H]2CN1C(=O)[C@H](C(C)(C)C)NC(=O)O[C@@H]1C[C@H]1CCCCCc1c(nc3ccccc3c1OCCCNC1CCCc3ccccc31)O2)C(=O)NS(=O)(=O)C1(C)CC1. The maximum atomic E-state index is 14.9. The van der Waals surface area contributed by atoms with E-state index < -0.39 is 73.6 Å². The topological polar surface area (TPSA) is 194 Å². The molecule has 2 aromatic carbocycles. The Morgan fingerprint density at radius 1 is 1.00 bits per heavy atom. The van der Waals surface area contributed by atoms with E-state index in [1.165, 1.54) is 22.1 Å². The van der Waals surface area contributed by atoms with Gasteiger partial charge in [-0.05, 0) is 119 Å². The molecule has 4 N–H and O–H groups in total. The second-order valence-corrected chi connectivity index (χ2v) is 23.6. The van der Waals surface area contributed by atoms with Crippen LogP contribution in [0, 0.1) is 17.3 Å². The Kier molecular flexibility index (Phi) is 13.3. The molecular weight excluding hydrogens is 885 g/mol. The number of ether oxygens (including phenoxy) is 3. The summed E-state index contributed by atoms with van der Waals surface area (Å²) in [6.07, 6.45) is 9.97. The number of rotatable bonds is 12. The molecule has 4 aliphatic carbocycles. The molecule has 1 unspecified atom stereocenters. The maximum absolute atomic E-state index is 14.9. The highest BCUT2D eigenvalue weighted by Crippen LogP contribution is 2.48. The average molecular weight is 953 g/mol. The molecule has 3 saturated carbocycles. The molecule has 0 spiro atoms. The number of amides is 4. The first-order chi connectivity index (χ1) is 32.5. The zero-order valence-electron chi connectivity index (χ0n) is 39.9. The number of aromatic nitrogens is 1. The minimum Gasteiger partial charge on any atom is -0.492 e. The molecule has 2 aliphatic heterocycles. The number of pyridine rings is 1. The van der Waals surface area contributed by atoms with Gasteiger partial charge in [-0.15, -0.1) is 6.58 Å². The summed E-state index contributed by atoms with van der Waals surface area (Å²) in [6.45, 7) is 12.1. The number of hydrogen-bond donors (Lipinski definition) is 4. The van der Waals surface area contributed by atoms with Crippen LogP contribution in [-0.4, -0.2) is 96.4 Å². The molecule has 4 fully saturated rings. The highest BCUT2D eigenvalue weighted by atomic mass is 32.2. The molecule has 15 nitrogen and oxygen atoms in total. The van der Waals surface area contributed by atoms with Crippen molar-refractivity contribution in [3.05, 3.63) is 77.9 Å². The minimum absolute atomic E-state index is 0.0234. The molecule has 3 aromatic rings. The Morgan fingerprint density at radius 2 is 1.78 bits per heavy atom. The Morgan fingerprint density at radius 3 is 2.54 bits per heavy atom. The van der Waals surface area contributed by atoms with Gasteiger partial charge in [0.1, 0.15) is 35.6 Å². The number of benzene rings is 2. The van der Waals surface area contributed by atoms with Crippen molar-refractivity contribution in [3.63, 3.8) is 0 Å². The maximum Gasteiger partial charge on any atom is 0.408 e. The van der Waals surface area contributed by atoms with Crippen molar-refractivity contribution in [2.24, 2.45) is 17.3 Å². The first-order valence-corrected chi connectivity index (χ1v) is 26.3. The van der Waals surface area contributed by atoms with Gasteiger partial charge in [0, 0.05) is 23.8 Å². The standard InChI is InChI=1S/C52H68N6O9S/c1-6-34-30-52(34,48(61)57-68(63,64)51(5)24-25-51)56-45(59)41-29-35-31-58(41)47(60)44(50(2,3)4)55-49(62)67-42-28-33(42)17-8-7-9-21-38-43(37-20-12-13-22-40(37)54-46(38)66-35)65-27-15-26-53-39-23-14-18-32-16-10-11-19-36(32)39/h6,10-13,16,19-20,22,33-35,39,41-42,44,53H,1,7-9,14-15,17-18,21,23-31H2,2-5H3,(H,55,62)(H,56,59)(H,57,61)/t33-,34-,35-,39?,41+,42-,44-,52-/m1/s1. The zero-order chi connectivity index (χ0) is 48.0. The zero-order valence-corrected chi connectivity index (χ0v) is 40.8. The van der Waals surface area contributed by atoms with Crippen LogP contribution in [0.1, 0.15) is 127 Å². The number of para-hydroxylation sites is 1. The van der Waals surface area contributed by atoms with Crippen molar-refractivity contribution >= 4 is 44.7 Å². The molecule has 9 rings (SSSR count). The molecule has 6 aliphatic rings. The first kappa shape index (κ1) is 47.8. The largest absolute Gasteiger partial charge is 0.492 e. The second-order valence-electron chi connectivity index (χ2n) is 21.4. The van der Waals surface area contributed by atoms with E-state index in [9.17, 15) is 27.6 Å². The van der Waals surface area contributed by atoms with Crippen LogP contribution in [0.2, 0.25) is 0 Å². The summed E-state index contributed by atoms with van der Waals surface area (Å²) in [7, 11) is -4.02. The number of hydrogen-bond acceptors (Lipinski definition) is 11. The molecule has 8 atom stereocenters. The molecule has 1 aromatic heterocycles. The molecule has 366 valence electrons. The van der Waals surface area contributed by atoms with Crippen molar-refractivity contribution in [2.75, 3.05) is 19.7 Å². The lowest BCUT2D eigenvalue weighted by atomic mass is 9.85. The van der Waals surface area contributed by atoms with Crippen molar-refractivity contribution in [2.45, 2.75) is 158 Å². The molecule has 3 heterocycles. The van der Waals surface area contributed by atoms with E-state index >= 15 is 0 Å². The number of nitrogens with one attached hydrogen (secondary N) is 4. The van der Waals surface area contributed by atoms with E-state index in [-0.39, 0.29) is 31.4 Å². The highest BCUT2D eigenvalue weighted by Gasteiger charge is 2.63. The van der Waals surface area contributed by atoms with E-state index in [1.807, 2.05) is 45.0 Å². The Hall–Kier alpha value is -5.22. The van der Waals surface area contributed by atoms with Crippen LogP contribution in [0.25, 0.3) is 10.9 Å². The number of carbonyl (C=O) groups excluding carboxylic acids is 4. The third kappa shape index (κ3) is 9.95. The van der Waals surface area contributed by atoms with Gasteiger partial charge in [-0.3, -0.25) is 19.1 Å². The van der Waals surface area contributed by atoms with Gasteiger partial charge in [-0.2, -0.15) is 0 Å². The second kappa shape index (κ2) is 18.9. The fraction of sp³-hybridized carbons (Fsp3) is 0.596. The van der Waals surface area contributed by atoms with Crippen LogP contribution in [-0.2, 0) is 42.0 Å². The average Bonchev–Trinajstić information content (AvgIpc) is 4.27. The van der Waals surface area contributed by atoms with Crippen LogP contribution >= 0.6 is 0 Å². The number of alkyl carbamates (subject to hydrolysis) is 1. The number of nitrogens with zero attached hydrogens (tertiary/aromatic N) is 2. The Bertz CT molecular complexity index is 2560. The fourth-order valence-corrected chi connectivity index (χ4v) is 11.8. The van der Waals surface area contributed by atoms with Gasteiger partial charge in [0.25, 0.3) is 5.91 Å². The lowest BCUT2D eigenvalue weighted by molar-refractivity contribution is -0.142. The van der Waals surface area contributed by atoms with E-state index in [0.717, 1.165) is 75.3 Å². The van der Waals surface area contributed by atoms with Gasteiger partial charge >= 0.3 is 6.09 Å². The quantitative estimate of drug-likeness (QED) is 0.111. The minimum atomic E-state index is -4.02. The Labute approximate surface area is 400 Å². The summed E-state index contributed by atoms with van der Waals surface area (Å²) < 4.78 is 47.2. The molecular formula is C52H68N6O9S. The van der Waals surface area contributed by atoms with E-state index in [4.69, 9.17) is 19.2 Å². The molecule has 2 bridgehead atoms. The lowest BCUT2D eigenvalue weighted by Gasteiger charge is -2.35. The Balaban J connectivity index is 1.01.